The summed E-state index contributed by atoms with van der Waals surface area (Å²) in [7, 11) is -0.835. The van der Waals surface area contributed by atoms with Crippen LogP contribution in [0.25, 0.3) is 0 Å². The molecule has 0 aromatic heterocycles. The van der Waals surface area contributed by atoms with Gasteiger partial charge in [0.1, 0.15) is 0 Å². The van der Waals surface area contributed by atoms with Gasteiger partial charge in [-0.2, -0.15) is 0 Å². The minimum atomic E-state index is -1.32. The Morgan fingerprint density at radius 1 is 1.45 bits per heavy atom. The molecule has 0 aromatic rings. The predicted molar refractivity (Wildman–Crippen MR) is 55.4 cm³/mol. The van der Waals surface area contributed by atoms with Crippen molar-refractivity contribution in [2.45, 2.75) is 13.7 Å². The van der Waals surface area contributed by atoms with E-state index in [-0.39, 0.29) is 15.0 Å². The van der Waals surface area contributed by atoms with Crippen molar-refractivity contribution in [1.82, 2.24) is 0 Å². The average Bonchev–Trinajstić information content (AvgIpc) is 2.12. The van der Waals surface area contributed by atoms with Gasteiger partial charge in [0, 0.05) is 0 Å². The summed E-state index contributed by atoms with van der Waals surface area (Å²) in [4.78, 5) is 2.05. The van der Waals surface area contributed by atoms with Crippen molar-refractivity contribution >= 4 is 70.2 Å². The molecular weight excluding hydrogens is 309 g/mol. The Morgan fingerprint density at radius 3 is 2.18 bits per heavy atom. The van der Waals surface area contributed by atoms with Crippen LogP contribution in [0.4, 0.5) is 0 Å². The Balaban J connectivity index is 2.85. The van der Waals surface area contributed by atoms with Crippen molar-refractivity contribution in [3.63, 3.8) is 0 Å². The molecule has 0 aliphatic carbocycles. The molecule has 0 N–H and O–H groups in total. The van der Waals surface area contributed by atoms with Crippen molar-refractivity contribution in [3.05, 3.63) is 10.7 Å². The van der Waals surface area contributed by atoms with Crippen LogP contribution < -0.4 is 0 Å². The average molecular weight is 314 g/mol. The molecule has 0 amide bonds. The van der Waals surface area contributed by atoms with Crippen LogP contribution in [-0.2, 0) is 0 Å². The van der Waals surface area contributed by atoms with E-state index in [2.05, 4.69) is 17.2 Å². The zero-order valence-corrected chi connectivity index (χ0v) is 11.3. The van der Waals surface area contributed by atoms with Crippen LogP contribution >= 0.6 is 46.4 Å². The van der Waals surface area contributed by atoms with Gasteiger partial charge in [0.05, 0.1) is 0 Å². The summed E-state index contributed by atoms with van der Waals surface area (Å²) in [5.41, 5.74) is 2.10. The Kier molecular flexibility index (Phi) is 3.33. The number of hydrogen-bond donors (Lipinski definition) is 0. The van der Waals surface area contributed by atoms with Crippen molar-refractivity contribution in [3.8, 4) is 0 Å². The molecule has 0 fully saturated rings. The van der Waals surface area contributed by atoms with E-state index in [0.29, 0.717) is 0 Å². The molecule has 1 radical (unpaired) electrons. The molecule has 0 saturated carbocycles. The van der Waals surface area contributed by atoms with Crippen LogP contribution in [0.3, 0.4) is 0 Å². The summed E-state index contributed by atoms with van der Waals surface area (Å²) in [6.45, 7) is 2.06. The van der Waals surface area contributed by atoms with E-state index < -0.39 is 16.0 Å². The van der Waals surface area contributed by atoms with Crippen molar-refractivity contribution in [2.75, 3.05) is 0 Å². The molecule has 1 atom stereocenters. The Labute approximate surface area is 94.0 Å². The third-order valence-electron chi connectivity index (χ3n) is 1.42. The Morgan fingerprint density at radius 2 is 2.00 bits per heavy atom. The molecule has 11 heavy (non-hydrogen) atoms. The van der Waals surface area contributed by atoms with Gasteiger partial charge in [-0.05, 0) is 0 Å². The Bertz CT molecular complexity index is 189. The second-order valence-corrected chi connectivity index (χ2v) is 11.5. The summed E-state index contributed by atoms with van der Waals surface area (Å²) in [6, 6.07) is 0. The maximum absolute atomic E-state index is 6.21. The normalized spacial score (nSPS) is 33.2. The summed E-state index contributed by atoms with van der Waals surface area (Å²) >= 11 is 23.7. The first-order chi connectivity index (χ1) is 4.88. The fourth-order valence-corrected chi connectivity index (χ4v) is 8.67. The molecule has 0 bridgehead atoms. The third-order valence-corrected chi connectivity index (χ3v) is 12.6. The quantitative estimate of drug-likeness (QED) is 0.476. The second kappa shape index (κ2) is 3.41. The molecule has 6 heteroatoms. The monoisotopic (exact) mass is 313 g/mol. The van der Waals surface area contributed by atoms with Gasteiger partial charge in [0.2, 0.25) is 0 Å². The van der Waals surface area contributed by atoms with Gasteiger partial charge in [-0.15, -0.1) is 0 Å². The van der Waals surface area contributed by atoms with Gasteiger partial charge in [-0.25, -0.2) is 0 Å². The van der Waals surface area contributed by atoms with Crippen LogP contribution in [0.1, 0.15) is 0 Å². The van der Waals surface area contributed by atoms with Gasteiger partial charge in [0.25, 0.3) is 0 Å². The van der Waals surface area contributed by atoms with Crippen LogP contribution in [0.5, 0.6) is 0 Å². The van der Waals surface area contributed by atoms with Crippen LogP contribution in [0.2, 0.25) is 6.55 Å². The second-order valence-electron chi connectivity index (χ2n) is 2.20. The zero-order valence-electron chi connectivity index (χ0n) is 5.57. The predicted octanol–water partition coefficient (Wildman–Crippen LogP) is 2.73. The fourth-order valence-electron chi connectivity index (χ4n) is 0.720. The number of rotatable bonds is 0. The van der Waals surface area contributed by atoms with E-state index in [0.717, 1.165) is 0 Å². The molecule has 1 heterocycles. The van der Waals surface area contributed by atoms with E-state index in [4.69, 9.17) is 46.4 Å². The molecule has 1 rings (SSSR count). The van der Waals surface area contributed by atoms with E-state index >= 15 is 0 Å². The van der Waals surface area contributed by atoms with E-state index in [1.165, 1.54) is 0 Å². The molecular formula is C5H5Cl4SeSi. The number of alkyl halides is 4. The molecule has 1 aliphatic rings. The summed E-state index contributed by atoms with van der Waals surface area (Å²) in [5.74, 6) is 0. The molecule has 0 aromatic carbocycles. The Hall–Kier alpha value is 1.64. The molecule has 1 aliphatic heterocycles. The summed E-state index contributed by atoms with van der Waals surface area (Å²) < 4.78 is -1.91. The van der Waals surface area contributed by atoms with Crippen molar-refractivity contribution in [2.24, 2.45) is 0 Å². The maximum atomic E-state index is 6.21. The molecule has 0 spiro atoms. The van der Waals surface area contributed by atoms with Crippen molar-refractivity contribution in [1.29, 1.82) is 0 Å². The van der Waals surface area contributed by atoms with Gasteiger partial charge in [0.15, 0.2) is 0 Å². The summed E-state index contributed by atoms with van der Waals surface area (Å²) in [5, 5.41) is 0. The van der Waals surface area contributed by atoms with E-state index in [9.17, 15) is 0 Å². The molecule has 63 valence electrons. The zero-order chi connectivity index (χ0) is 8.70. The summed E-state index contributed by atoms with van der Waals surface area (Å²) in [6.07, 6.45) is 0. The minimum absolute atomic E-state index is 0.114. The molecule has 0 saturated heterocycles. The van der Waals surface area contributed by atoms with Crippen LogP contribution in [0.15, 0.2) is 10.7 Å². The van der Waals surface area contributed by atoms with Gasteiger partial charge in [-0.3, -0.25) is 0 Å². The van der Waals surface area contributed by atoms with Gasteiger partial charge in [-0.1, -0.05) is 0 Å². The van der Waals surface area contributed by atoms with E-state index in [1.807, 2.05) is 0 Å². The SMILES string of the molecule is C[Si]1C=C[Se]C1(Cl)C(Cl)(Cl)Cl. The fraction of sp³-hybridized carbons (Fsp3) is 0.600. The number of halogens is 4. The number of hydrogen-bond acceptors (Lipinski definition) is 0. The molecule has 1 unspecified atom stereocenters. The first kappa shape index (κ1) is 10.7. The molecule has 0 nitrogen and oxygen atoms in total. The standard InChI is InChI=1S/C5H5Cl4SeSi/c1-11-3-2-10-5(11,9)4(6,7)8/h2-3H,1H3. The van der Waals surface area contributed by atoms with Crippen molar-refractivity contribution < 1.29 is 0 Å². The first-order valence-corrected chi connectivity index (χ1v) is 8.25. The van der Waals surface area contributed by atoms with Gasteiger partial charge < -0.3 is 0 Å². The third kappa shape index (κ3) is 1.93. The van der Waals surface area contributed by atoms with Gasteiger partial charge >= 0.3 is 94.6 Å². The van der Waals surface area contributed by atoms with Crippen LogP contribution in [-0.4, -0.2) is 30.9 Å². The van der Waals surface area contributed by atoms with Crippen LogP contribution in [0, 0.1) is 0 Å². The van der Waals surface area contributed by atoms with E-state index in [1.54, 1.807) is 0 Å². The first-order valence-electron chi connectivity index (χ1n) is 2.82. The topological polar surface area (TPSA) is 0 Å².